The second kappa shape index (κ2) is 5.85. The molecule has 1 aromatic heterocycles. The molecule has 0 amide bonds. The lowest BCUT2D eigenvalue weighted by molar-refractivity contribution is 0.278. The summed E-state index contributed by atoms with van der Waals surface area (Å²) in [5.41, 5.74) is 2.26. The maximum atomic E-state index is 12.4. The molecule has 0 aliphatic rings. The Kier molecular flexibility index (Phi) is 4.17. The molecule has 2 aromatic rings. The number of hydrogen-bond acceptors (Lipinski definition) is 2. The summed E-state index contributed by atoms with van der Waals surface area (Å²) in [5.74, 6) is 0. The van der Waals surface area contributed by atoms with Crippen LogP contribution in [0.2, 0.25) is 0 Å². The Hall–Kier alpha value is -1.87. The fraction of sp³-hybridized carbons (Fsp3) is 0.312. The summed E-state index contributed by atoms with van der Waals surface area (Å²) in [6, 6.07) is 13.6. The highest BCUT2D eigenvalue weighted by Gasteiger charge is 2.13. The van der Waals surface area contributed by atoms with Crippen molar-refractivity contribution in [3.05, 3.63) is 58.4 Å². The number of pyridine rings is 1. The van der Waals surface area contributed by atoms with Gasteiger partial charge < -0.3 is 9.67 Å². The quantitative estimate of drug-likeness (QED) is 0.915. The number of hydrogen-bond donors (Lipinski definition) is 1. The normalized spacial score (nSPS) is 12.4. The van der Waals surface area contributed by atoms with E-state index in [-0.39, 0.29) is 18.2 Å². The Morgan fingerprint density at radius 3 is 2.42 bits per heavy atom. The number of benzene rings is 1. The smallest absolute Gasteiger partial charge is 0.256 e. The van der Waals surface area contributed by atoms with Gasteiger partial charge in [-0.3, -0.25) is 4.79 Å². The summed E-state index contributed by atoms with van der Waals surface area (Å²) in [4.78, 5) is 12.4. The van der Waals surface area contributed by atoms with Gasteiger partial charge in [-0.1, -0.05) is 37.3 Å². The second-order valence-electron chi connectivity index (χ2n) is 4.70. The van der Waals surface area contributed by atoms with E-state index in [2.05, 4.69) is 6.92 Å². The van der Waals surface area contributed by atoms with E-state index in [1.165, 1.54) is 0 Å². The van der Waals surface area contributed by atoms with Gasteiger partial charge in [-0.05, 0) is 31.0 Å². The van der Waals surface area contributed by atoms with Gasteiger partial charge in [0.05, 0.1) is 12.3 Å². The molecule has 1 N–H and O–H groups in total. The van der Waals surface area contributed by atoms with E-state index in [1.54, 1.807) is 10.6 Å². The highest BCUT2D eigenvalue weighted by Crippen LogP contribution is 2.22. The van der Waals surface area contributed by atoms with E-state index >= 15 is 0 Å². The summed E-state index contributed by atoms with van der Waals surface area (Å²) < 4.78 is 1.78. The zero-order chi connectivity index (χ0) is 13.8. The first kappa shape index (κ1) is 13.6. The fourth-order valence-corrected chi connectivity index (χ4v) is 2.18. The van der Waals surface area contributed by atoms with Crippen LogP contribution in [0, 0.1) is 0 Å². The van der Waals surface area contributed by atoms with E-state index in [1.807, 2.05) is 43.3 Å². The molecule has 0 saturated heterocycles. The zero-order valence-electron chi connectivity index (χ0n) is 11.3. The summed E-state index contributed by atoms with van der Waals surface area (Å²) in [7, 11) is 0. The van der Waals surface area contributed by atoms with Crippen molar-refractivity contribution in [1.29, 1.82) is 0 Å². The lowest BCUT2D eigenvalue weighted by Gasteiger charge is -2.19. The van der Waals surface area contributed by atoms with Crippen molar-refractivity contribution in [2.45, 2.75) is 32.9 Å². The predicted octanol–water partition coefficient (Wildman–Crippen LogP) is 2.98. The van der Waals surface area contributed by atoms with Gasteiger partial charge in [0.25, 0.3) is 5.56 Å². The molecular weight excluding hydrogens is 238 g/mol. The molecule has 2 rings (SSSR count). The van der Waals surface area contributed by atoms with Gasteiger partial charge in [-0.15, -0.1) is 0 Å². The van der Waals surface area contributed by atoms with Gasteiger partial charge in [-0.25, -0.2) is 0 Å². The van der Waals surface area contributed by atoms with E-state index in [4.69, 9.17) is 0 Å². The zero-order valence-corrected chi connectivity index (χ0v) is 11.3. The minimum atomic E-state index is -0.218. The third kappa shape index (κ3) is 2.61. The molecule has 3 heteroatoms. The van der Waals surface area contributed by atoms with Crippen LogP contribution in [0.15, 0.2) is 47.3 Å². The molecule has 0 saturated carbocycles. The van der Waals surface area contributed by atoms with Gasteiger partial charge in [0.15, 0.2) is 0 Å². The number of rotatable bonds is 4. The van der Waals surface area contributed by atoms with Crippen molar-refractivity contribution in [2.24, 2.45) is 0 Å². The molecule has 0 radical (unpaired) electrons. The van der Waals surface area contributed by atoms with Crippen LogP contribution in [0.4, 0.5) is 0 Å². The minimum absolute atomic E-state index is 0.0989. The molecule has 19 heavy (non-hydrogen) atoms. The SMILES string of the molecule is CCC(C)n1c(-c2ccccc2)ccc(CO)c1=O. The van der Waals surface area contributed by atoms with Gasteiger partial charge in [0.1, 0.15) is 0 Å². The van der Waals surface area contributed by atoms with Crippen molar-refractivity contribution in [1.82, 2.24) is 4.57 Å². The average Bonchev–Trinajstić information content (AvgIpc) is 2.47. The van der Waals surface area contributed by atoms with Crippen LogP contribution in [0.3, 0.4) is 0 Å². The molecule has 1 heterocycles. The van der Waals surface area contributed by atoms with Crippen molar-refractivity contribution in [3.63, 3.8) is 0 Å². The van der Waals surface area contributed by atoms with E-state index in [0.29, 0.717) is 5.56 Å². The molecule has 0 aliphatic carbocycles. The summed E-state index contributed by atoms with van der Waals surface area (Å²) in [5, 5.41) is 9.25. The predicted molar refractivity (Wildman–Crippen MR) is 77.1 cm³/mol. The van der Waals surface area contributed by atoms with Crippen LogP contribution in [-0.4, -0.2) is 9.67 Å². The molecule has 1 atom stereocenters. The lowest BCUT2D eigenvalue weighted by atomic mass is 10.1. The maximum absolute atomic E-state index is 12.4. The van der Waals surface area contributed by atoms with Crippen LogP contribution in [0.5, 0.6) is 0 Å². The van der Waals surface area contributed by atoms with Crippen molar-refractivity contribution in [3.8, 4) is 11.3 Å². The fourth-order valence-electron chi connectivity index (χ4n) is 2.18. The van der Waals surface area contributed by atoms with Gasteiger partial charge in [0.2, 0.25) is 0 Å². The number of aliphatic hydroxyl groups excluding tert-OH is 1. The Morgan fingerprint density at radius 1 is 1.16 bits per heavy atom. The van der Waals surface area contributed by atoms with Gasteiger partial charge in [-0.2, -0.15) is 0 Å². The largest absolute Gasteiger partial charge is 0.391 e. The Balaban J connectivity index is 2.68. The third-order valence-corrected chi connectivity index (χ3v) is 3.47. The van der Waals surface area contributed by atoms with Crippen molar-refractivity contribution in [2.75, 3.05) is 0 Å². The third-order valence-electron chi connectivity index (χ3n) is 3.47. The Bertz CT molecular complexity index is 602. The summed E-state index contributed by atoms with van der Waals surface area (Å²) in [6.45, 7) is 3.86. The average molecular weight is 257 g/mol. The monoisotopic (exact) mass is 257 g/mol. The molecule has 100 valence electrons. The molecule has 0 spiro atoms. The van der Waals surface area contributed by atoms with Crippen LogP contribution < -0.4 is 5.56 Å². The first-order valence-electron chi connectivity index (χ1n) is 6.59. The summed E-state index contributed by atoms with van der Waals surface area (Å²) >= 11 is 0. The van der Waals surface area contributed by atoms with Crippen LogP contribution in [-0.2, 0) is 6.61 Å². The molecule has 1 unspecified atom stereocenters. The molecule has 0 fully saturated rings. The highest BCUT2D eigenvalue weighted by atomic mass is 16.3. The topological polar surface area (TPSA) is 42.2 Å². The maximum Gasteiger partial charge on any atom is 0.256 e. The van der Waals surface area contributed by atoms with Crippen LogP contribution in [0.25, 0.3) is 11.3 Å². The second-order valence-corrected chi connectivity index (χ2v) is 4.70. The lowest BCUT2D eigenvalue weighted by Crippen LogP contribution is -2.27. The highest BCUT2D eigenvalue weighted by molar-refractivity contribution is 5.59. The minimum Gasteiger partial charge on any atom is -0.391 e. The summed E-state index contributed by atoms with van der Waals surface area (Å²) in [6.07, 6.45) is 0.870. The Morgan fingerprint density at radius 2 is 1.84 bits per heavy atom. The standard InChI is InChI=1S/C16H19NO2/c1-3-12(2)17-15(13-7-5-4-6-8-13)10-9-14(11-18)16(17)19/h4-10,12,18H,3,11H2,1-2H3. The molecule has 1 aromatic carbocycles. The van der Waals surface area contributed by atoms with Crippen LogP contribution >= 0.6 is 0 Å². The molecule has 3 nitrogen and oxygen atoms in total. The first-order valence-corrected chi connectivity index (χ1v) is 6.59. The number of aromatic nitrogens is 1. The molecular formula is C16H19NO2. The van der Waals surface area contributed by atoms with Crippen molar-refractivity contribution >= 4 is 0 Å². The van der Waals surface area contributed by atoms with E-state index in [0.717, 1.165) is 17.7 Å². The van der Waals surface area contributed by atoms with Crippen molar-refractivity contribution < 1.29 is 5.11 Å². The molecule has 0 bridgehead atoms. The van der Waals surface area contributed by atoms with Gasteiger partial charge in [0, 0.05) is 11.6 Å². The first-order chi connectivity index (χ1) is 9.19. The molecule has 0 aliphatic heterocycles. The number of aliphatic hydroxyl groups is 1. The van der Waals surface area contributed by atoms with Gasteiger partial charge >= 0.3 is 0 Å². The Labute approximate surface area is 113 Å². The number of nitrogens with zero attached hydrogens (tertiary/aromatic N) is 1. The van der Waals surface area contributed by atoms with Crippen LogP contribution in [0.1, 0.15) is 31.9 Å². The van der Waals surface area contributed by atoms with E-state index < -0.39 is 0 Å². The van der Waals surface area contributed by atoms with E-state index in [9.17, 15) is 9.90 Å².